The molecular formula is C18H22N4O3S. The Hall–Kier alpha value is -2.48. The topological polar surface area (TPSA) is 101 Å². The highest BCUT2D eigenvalue weighted by atomic mass is 32.2. The second kappa shape index (κ2) is 7.03. The molecule has 0 saturated carbocycles. The molecule has 1 unspecified atom stereocenters. The maximum Gasteiger partial charge on any atom is 0.274 e. The number of benzene rings is 1. The van der Waals surface area contributed by atoms with Gasteiger partial charge in [-0.1, -0.05) is 18.2 Å². The average molecular weight is 374 g/mol. The number of aryl methyl sites for hydroxylation is 3. The molecule has 2 N–H and O–H groups in total. The molecule has 2 aromatic rings. The van der Waals surface area contributed by atoms with Crippen molar-refractivity contribution in [3.8, 4) is 0 Å². The number of sulfone groups is 1. The molecule has 2 heterocycles. The van der Waals surface area contributed by atoms with E-state index in [0.717, 1.165) is 16.8 Å². The van der Waals surface area contributed by atoms with Crippen molar-refractivity contribution < 1.29 is 13.2 Å². The number of nitrogens with zero attached hydrogens (tertiary/aromatic N) is 2. The summed E-state index contributed by atoms with van der Waals surface area (Å²) in [5.74, 6) is 0.179. The lowest BCUT2D eigenvalue weighted by molar-refractivity contribution is 0.102. The SMILES string of the molecule is Cc1cc(C(=O)Nc2c(C)cccc2C)nc(NC2CCS(=O)(=O)C2)n1. The summed E-state index contributed by atoms with van der Waals surface area (Å²) in [7, 11) is -3.00. The van der Waals surface area contributed by atoms with E-state index in [1.165, 1.54) is 0 Å². The van der Waals surface area contributed by atoms with E-state index in [2.05, 4.69) is 20.6 Å². The van der Waals surface area contributed by atoms with Gasteiger partial charge in [0.25, 0.3) is 5.91 Å². The molecule has 0 radical (unpaired) electrons. The van der Waals surface area contributed by atoms with Gasteiger partial charge in [-0.3, -0.25) is 4.79 Å². The van der Waals surface area contributed by atoms with E-state index in [1.807, 2.05) is 32.0 Å². The van der Waals surface area contributed by atoms with Crippen LogP contribution in [0.5, 0.6) is 0 Å². The first-order valence-electron chi connectivity index (χ1n) is 8.44. The van der Waals surface area contributed by atoms with E-state index in [4.69, 9.17) is 0 Å². The summed E-state index contributed by atoms with van der Waals surface area (Å²) >= 11 is 0. The number of para-hydroxylation sites is 1. The first-order chi connectivity index (χ1) is 12.2. The highest BCUT2D eigenvalue weighted by Crippen LogP contribution is 2.21. The first kappa shape index (κ1) is 18.3. The standard InChI is InChI=1S/C18H22N4O3S/c1-11-5-4-6-12(2)16(11)22-17(23)15-9-13(3)19-18(21-15)20-14-7-8-26(24,25)10-14/h4-6,9,14H,7-8,10H2,1-3H3,(H,22,23)(H,19,20,21). The van der Waals surface area contributed by atoms with Crippen LogP contribution in [0.25, 0.3) is 0 Å². The summed E-state index contributed by atoms with van der Waals surface area (Å²) in [5, 5.41) is 5.94. The summed E-state index contributed by atoms with van der Waals surface area (Å²) in [5.41, 5.74) is 3.58. The lowest BCUT2D eigenvalue weighted by Gasteiger charge is -2.14. The Labute approximate surface area is 153 Å². The molecule has 7 nitrogen and oxygen atoms in total. The molecule has 1 aromatic carbocycles. The Morgan fingerprint density at radius 3 is 2.46 bits per heavy atom. The third-order valence-electron chi connectivity index (χ3n) is 4.37. The summed E-state index contributed by atoms with van der Waals surface area (Å²) in [4.78, 5) is 21.2. The molecule has 1 fully saturated rings. The van der Waals surface area contributed by atoms with Crippen LogP contribution in [0.2, 0.25) is 0 Å². The monoisotopic (exact) mass is 374 g/mol. The smallest absolute Gasteiger partial charge is 0.274 e. The number of carbonyl (C=O) groups is 1. The second-order valence-corrected chi connectivity index (χ2v) is 8.91. The van der Waals surface area contributed by atoms with Gasteiger partial charge in [0.15, 0.2) is 9.84 Å². The second-order valence-electron chi connectivity index (χ2n) is 6.68. The third kappa shape index (κ3) is 4.19. The van der Waals surface area contributed by atoms with Crippen LogP contribution < -0.4 is 10.6 Å². The van der Waals surface area contributed by atoms with E-state index in [1.54, 1.807) is 13.0 Å². The third-order valence-corrected chi connectivity index (χ3v) is 6.14. The van der Waals surface area contributed by atoms with Gasteiger partial charge in [0.2, 0.25) is 5.95 Å². The number of rotatable bonds is 4. The molecule has 0 bridgehead atoms. The first-order valence-corrected chi connectivity index (χ1v) is 10.3. The molecule has 26 heavy (non-hydrogen) atoms. The molecule has 1 aliphatic heterocycles. The largest absolute Gasteiger partial charge is 0.350 e. The van der Waals surface area contributed by atoms with Crippen molar-refractivity contribution in [3.63, 3.8) is 0 Å². The number of anilines is 2. The van der Waals surface area contributed by atoms with Gasteiger partial charge in [-0.15, -0.1) is 0 Å². The van der Waals surface area contributed by atoms with Gasteiger partial charge in [0.1, 0.15) is 5.69 Å². The highest BCUT2D eigenvalue weighted by Gasteiger charge is 2.28. The van der Waals surface area contributed by atoms with Gasteiger partial charge >= 0.3 is 0 Å². The molecule has 1 amide bonds. The zero-order chi connectivity index (χ0) is 18.9. The Morgan fingerprint density at radius 2 is 1.85 bits per heavy atom. The van der Waals surface area contributed by atoms with Crippen molar-refractivity contribution in [1.29, 1.82) is 0 Å². The molecule has 1 atom stereocenters. The minimum absolute atomic E-state index is 0.0637. The van der Waals surface area contributed by atoms with Crippen molar-refractivity contribution in [2.75, 3.05) is 22.1 Å². The normalized spacial score (nSPS) is 18.5. The van der Waals surface area contributed by atoms with Gasteiger partial charge in [-0.25, -0.2) is 18.4 Å². The minimum Gasteiger partial charge on any atom is -0.350 e. The van der Waals surface area contributed by atoms with E-state index >= 15 is 0 Å². The molecule has 1 saturated heterocycles. The predicted octanol–water partition coefficient (Wildman–Crippen LogP) is 2.25. The van der Waals surface area contributed by atoms with Gasteiger partial charge in [-0.2, -0.15) is 0 Å². The van der Waals surface area contributed by atoms with Crippen molar-refractivity contribution in [1.82, 2.24) is 9.97 Å². The minimum atomic E-state index is -3.00. The number of carbonyl (C=O) groups excluding carboxylic acids is 1. The molecule has 1 aromatic heterocycles. The Balaban J connectivity index is 1.80. The summed E-state index contributed by atoms with van der Waals surface area (Å²) in [6, 6.07) is 7.19. The molecule has 0 aliphatic carbocycles. The average Bonchev–Trinajstić information content (AvgIpc) is 2.89. The molecule has 138 valence electrons. The number of hydrogen-bond acceptors (Lipinski definition) is 6. The van der Waals surface area contributed by atoms with Crippen LogP contribution in [0.3, 0.4) is 0 Å². The molecule has 3 rings (SSSR count). The summed E-state index contributed by atoms with van der Waals surface area (Å²) < 4.78 is 23.2. The van der Waals surface area contributed by atoms with Crippen LogP contribution in [-0.4, -0.2) is 41.8 Å². The van der Waals surface area contributed by atoms with Gasteiger partial charge < -0.3 is 10.6 Å². The predicted molar refractivity (Wildman–Crippen MR) is 101 cm³/mol. The quantitative estimate of drug-likeness (QED) is 0.851. The van der Waals surface area contributed by atoms with Crippen molar-refractivity contribution in [2.24, 2.45) is 0 Å². The van der Waals surface area contributed by atoms with Gasteiger partial charge in [0, 0.05) is 17.4 Å². The van der Waals surface area contributed by atoms with Crippen LogP contribution in [-0.2, 0) is 9.84 Å². The summed E-state index contributed by atoms with van der Waals surface area (Å²) in [6.45, 7) is 5.64. The van der Waals surface area contributed by atoms with Gasteiger partial charge in [-0.05, 0) is 44.4 Å². The van der Waals surface area contributed by atoms with Crippen LogP contribution in [0.15, 0.2) is 24.3 Å². The molecular weight excluding hydrogens is 352 g/mol. The lowest BCUT2D eigenvalue weighted by Crippen LogP contribution is -2.23. The number of nitrogens with one attached hydrogen (secondary N) is 2. The van der Waals surface area contributed by atoms with Crippen LogP contribution in [0.4, 0.5) is 11.6 Å². The fourth-order valence-corrected chi connectivity index (χ4v) is 4.70. The van der Waals surface area contributed by atoms with E-state index in [9.17, 15) is 13.2 Å². The highest BCUT2D eigenvalue weighted by molar-refractivity contribution is 7.91. The van der Waals surface area contributed by atoms with Crippen LogP contribution >= 0.6 is 0 Å². The fourth-order valence-electron chi connectivity index (χ4n) is 3.03. The zero-order valence-electron chi connectivity index (χ0n) is 15.0. The number of aromatic nitrogens is 2. The molecule has 8 heteroatoms. The Bertz CT molecular complexity index is 937. The molecule has 0 spiro atoms. The van der Waals surface area contributed by atoms with Crippen LogP contribution in [0.1, 0.15) is 33.7 Å². The van der Waals surface area contributed by atoms with Crippen molar-refractivity contribution in [3.05, 3.63) is 46.8 Å². The zero-order valence-corrected chi connectivity index (χ0v) is 15.9. The van der Waals surface area contributed by atoms with Crippen LogP contribution in [0, 0.1) is 20.8 Å². The Kier molecular flexibility index (Phi) is 4.95. The number of amides is 1. The Morgan fingerprint density at radius 1 is 1.15 bits per heavy atom. The van der Waals surface area contributed by atoms with Crippen molar-refractivity contribution in [2.45, 2.75) is 33.2 Å². The van der Waals surface area contributed by atoms with Crippen molar-refractivity contribution >= 4 is 27.4 Å². The summed E-state index contributed by atoms with van der Waals surface area (Å²) in [6.07, 6.45) is 0.517. The van der Waals surface area contributed by atoms with E-state index in [0.29, 0.717) is 12.1 Å². The maximum absolute atomic E-state index is 12.6. The fraction of sp³-hybridized carbons (Fsp3) is 0.389. The van der Waals surface area contributed by atoms with E-state index in [-0.39, 0.29) is 35.1 Å². The lowest BCUT2D eigenvalue weighted by atomic mass is 10.1. The number of hydrogen-bond donors (Lipinski definition) is 2. The van der Waals surface area contributed by atoms with E-state index < -0.39 is 9.84 Å². The molecule has 1 aliphatic rings. The van der Waals surface area contributed by atoms with Gasteiger partial charge in [0.05, 0.1) is 11.5 Å². The maximum atomic E-state index is 12.6.